The average molecular weight is 460 g/mol. The Kier molecular flexibility index (Phi) is 7.18. The summed E-state index contributed by atoms with van der Waals surface area (Å²) in [6.07, 6.45) is 0. The number of carbonyl (C=O) groups is 5. The van der Waals surface area contributed by atoms with Crippen molar-refractivity contribution in [3.8, 4) is 0 Å². The fourth-order valence-electron chi connectivity index (χ4n) is 2.91. The number of anilines is 1. The van der Waals surface area contributed by atoms with Crippen molar-refractivity contribution in [3.63, 3.8) is 0 Å². The third-order valence-electron chi connectivity index (χ3n) is 4.39. The van der Waals surface area contributed by atoms with E-state index in [1.807, 2.05) is 5.32 Å². The molecule has 10 nitrogen and oxygen atoms in total. The quantitative estimate of drug-likeness (QED) is 0.366. The Bertz CT molecular complexity index is 1100. The molecule has 0 aliphatic carbocycles. The molecule has 0 aromatic heterocycles. The van der Waals surface area contributed by atoms with E-state index in [0.29, 0.717) is 0 Å². The second kappa shape index (κ2) is 10.0. The van der Waals surface area contributed by atoms with Gasteiger partial charge in [0.2, 0.25) is 0 Å². The number of urea groups is 1. The van der Waals surface area contributed by atoms with Crippen LogP contribution in [-0.2, 0) is 14.3 Å². The maximum absolute atomic E-state index is 12.8. The number of imide groups is 2. The van der Waals surface area contributed by atoms with Gasteiger partial charge in [-0.05, 0) is 30.3 Å². The molecule has 0 saturated carbocycles. The zero-order valence-electron chi connectivity index (χ0n) is 16.8. The summed E-state index contributed by atoms with van der Waals surface area (Å²) in [6.45, 7) is -0.251. The number of fused-ring (bicyclic) bond motifs is 1. The van der Waals surface area contributed by atoms with E-state index in [1.165, 1.54) is 31.4 Å². The van der Waals surface area contributed by atoms with Gasteiger partial charge in [-0.2, -0.15) is 0 Å². The van der Waals surface area contributed by atoms with Gasteiger partial charge in [0.1, 0.15) is 0 Å². The van der Waals surface area contributed by atoms with Crippen molar-refractivity contribution < 1.29 is 33.4 Å². The Morgan fingerprint density at radius 1 is 1.03 bits per heavy atom. The molecule has 5 amide bonds. The van der Waals surface area contributed by atoms with E-state index >= 15 is 0 Å². The van der Waals surface area contributed by atoms with E-state index in [0.717, 1.165) is 4.90 Å². The summed E-state index contributed by atoms with van der Waals surface area (Å²) in [6, 6.07) is 9.46. The van der Waals surface area contributed by atoms with Crippen LogP contribution in [-0.4, -0.2) is 56.6 Å². The van der Waals surface area contributed by atoms with Crippen molar-refractivity contribution in [2.75, 3.05) is 31.8 Å². The highest BCUT2D eigenvalue weighted by Gasteiger charge is 2.38. The highest BCUT2D eigenvalue weighted by Crippen LogP contribution is 2.33. The Labute approximate surface area is 187 Å². The first-order chi connectivity index (χ1) is 15.3. The average Bonchev–Trinajstić information content (AvgIpc) is 3.02. The van der Waals surface area contributed by atoms with E-state index in [1.54, 1.807) is 18.2 Å². The minimum atomic E-state index is -0.904. The number of halogens is 1. The summed E-state index contributed by atoms with van der Waals surface area (Å²) in [5.74, 6) is -2.96. The summed E-state index contributed by atoms with van der Waals surface area (Å²) < 4.78 is 9.64. The second-order valence-corrected chi connectivity index (χ2v) is 6.94. The van der Waals surface area contributed by atoms with Crippen molar-refractivity contribution in [1.82, 2.24) is 10.6 Å². The molecular weight excluding hydrogens is 442 g/mol. The van der Waals surface area contributed by atoms with Crippen molar-refractivity contribution in [1.29, 1.82) is 0 Å². The van der Waals surface area contributed by atoms with Gasteiger partial charge < -0.3 is 14.8 Å². The first-order valence-corrected chi connectivity index (χ1v) is 9.72. The van der Waals surface area contributed by atoms with Crippen LogP contribution in [0.2, 0.25) is 5.02 Å². The van der Waals surface area contributed by atoms with Gasteiger partial charge in [0.15, 0.2) is 6.61 Å². The summed E-state index contributed by atoms with van der Waals surface area (Å²) in [5.41, 5.74) is 0.302. The Morgan fingerprint density at radius 3 is 2.47 bits per heavy atom. The molecule has 0 spiro atoms. The van der Waals surface area contributed by atoms with Gasteiger partial charge in [-0.1, -0.05) is 23.7 Å². The maximum Gasteiger partial charge on any atom is 0.338 e. The van der Waals surface area contributed by atoms with E-state index < -0.39 is 36.3 Å². The molecule has 1 aliphatic heterocycles. The van der Waals surface area contributed by atoms with Gasteiger partial charge in [-0.15, -0.1) is 0 Å². The van der Waals surface area contributed by atoms with Crippen LogP contribution in [0, 0.1) is 0 Å². The maximum atomic E-state index is 12.8. The van der Waals surface area contributed by atoms with Crippen LogP contribution in [0.3, 0.4) is 0 Å². The zero-order chi connectivity index (χ0) is 23.3. The highest BCUT2D eigenvalue weighted by molar-refractivity contribution is 6.39. The van der Waals surface area contributed by atoms with Gasteiger partial charge in [-0.25, -0.2) is 14.5 Å². The van der Waals surface area contributed by atoms with E-state index in [9.17, 15) is 24.0 Å². The van der Waals surface area contributed by atoms with Crippen molar-refractivity contribution in [3.05, 3.63) is 64.2 Å². The molecule has 0 unspecified atom stereocenters. The van der Waals surface area contributed by atoms with Crippen LogP contribution in [0.25, 0.3) is 0 Å². The smallest absolute Gasteiger partial charge is 0.338 e. The van der Waals surface area contributed by atoms with Gasteiger partial charge in [0.25, 0.3) is 17.7 Å². The number of benzene rings is 2. The standard InChI is InChI=1S/C21H18ClN3O7/c1-31-9-8-23-21(30)24-17(26)11-32-20(29)12-6-7-13-14(10-12)19(28)25(18(13)27)16-5-3-2-4-15(16)22/h2-7,10H,8-9,11H2,1H3,(H2,23,24,26,30). The van der Waals surface area contributed by atoms with Crippen molar-refractivity contribution >= 4 is 47.0 Å². The molecule has 1 heterocycles. The van der Waals surface area contributed by atoms with Crippen molar-refractivity contribution in [2.24, 2.45) is 0 Å². The topological polar surface area (TPSA) is 131 Å². The molecule has 3 rings (SSSR count). The predicted octanol–water partition coefficient (Wildman–Crippen LogP) is 1.77. The number of esters is 1. The minimum absolute atomic E-state index is 0.00587. The largest absolute Gasteiger partial charge is 0.452 e. The first kappa shape index (κ1) is 22.9. The van der Waals surface area contributed by atoms with Gasteiger partial charge in [0, 0.05) is 13.7 Å². The van der Waals surface area contributed by atoms with Crippen LogP contribution < -0.4 is 15.5 Å². The van der Waals surface area contributed by atoms with Crippen LogP contribution in [0.5, 0.6) is 0 Å². The normalized spacial score (nSPS) is 12.4. The third-order valence-corrected chi connectivity index (χ3v) is 4.71. The Hall–Kier alpha value is -3.76. The number of para-hydroxylation sites is 1. The second-order valence-electron chi connectivity index (χ2n) is 6.53. The highest BCUT2D eigenvalue weighted by atomic mass is 35.5. The van der Waals surface area contributed by atoms with Crippen LogP contribution in [0.15, 0.2) is 42.5 Å². The number of hydrogen-bond acceptors (Lipinski definition) is 7. The summed E-state index contributed by atoms with van der Waals surface area (Å²) in [5, 5.41) is 4.58. The monoisotopic (exact) mass is 459 g/mol. The summed E-state index contributed by atoms with van der Waals surface area (Å²) >= 11 is 6.11. The molecule has 11 heteroatoms. The molecule has 2 aromatic carbocycles. The fraction of sp³-hybridized carbons (Fsp3) is 0.190. The lowest BCUT2D eigenvalue weighted by atomic mass is 10.1. The number of nitrogens with zero attached hydrogens (tertiary/aromatic N) is 1. The lowest BCUT2D eigenvalue weighted by Crippen LogP contribution is -2.42. The molecule has 0 bridgehead atoms. The Morgan fingerprint density at radius 2 is 1.75 bits per heavy atom. The third kappa shape index (κ3) is 4.93. The molecular formula is C21H18ClN3O7. The Balaban J connectivity index is 1.65. The number of ether oxygens (including phenoxy) is 2. The minimum Gasteiger partial charge on any atom is -0.452 e. The number of amides is 5. The first-order valence-electron chi connectivity index (χ1n) is 9.34. The molecule has 2 N–H and O–H groups in total. The summed E-state index contributed by atoms with van der Waals surface area (Å²) in [4.78, 5) is 61.9. The van der Waals surface area contributed by atoms with Crippen LogP contribution >= 0.6 is 11.6 Å². The number of methoxy groups -OCH3 is 1. The molecule has 0 fully saturated rings. The molecule has 0 atom stereocenters. The number of rotatable bonds is 7. The van der Waals surface area contributed by atoms with Crippen LogP contribution in [0.4, 0.5) is 10.5 Å². The lowest BCUT2D eigenvalue weighted by molar-refractivity contribution is -0.123. The van der Waals surface area contributed by atoms with E-state index in [4.69, 9.17) is 21.1 Å². The molecule has 0 radical (unpaired) electrons. The molecule has 1 aliphatic rings. The summed E-state index contributed by atoms with van der Waals surface area (Å²) in [7, 11) is 1.46. The predicted molar refractivity (Wildman–Crippen MR) is 113 cm³/mol. The molecule has 32 heavy (non-hydrogen) atoms. The molecule has 0 saturated heterocycles. The number of carbonyl (C=O) groups excluding carboxylic acids is 5. The SMILES string of the molecule is COCCNC(=O)NC(=O)COC(=O)c1ccc2c(c1)C(=O)N(c1ccccc1Cl)C2=O. The van der Waals surface area contributed by atoms with Gasteiger partial charge in [-0.3, -0.25) is 19.7 Å². The van der Waals surface area contributed by atoms with E-state index in [-0.39, 0.29) is 40.6 Å². The van der Waals surface area contributed by atoms with Crippen LogP contribution in [0.1, 0.15) is 31.1 Å². The van der Waals surface area contributed by atoms with E-state index in [2.05, 4.69) is 5.32 Å². The van der Waals surface area contributed by atoms with Crippen molar-refractivity contribution in [2.45, 2.75) is 0 Å². The molecule has 166 valence electrons. The fourth-order valence-corrected chi connectivity index (χ4v) is 3.13. The number of nitrogens with one attached hydrogen (secondary N) is 2. The van der Waals surface area contributed by atoms with Gasteiger partial charge in [0.05, 0.1) is 34.0 Å². The molecule has 2 aromatic rings. The number of hydrogen-bond donors (Lipinski definition) is 2. The zero-order valence-corrected chi connectivity index (χ0v) is 17.6. The van der Waals surface area contributed by atoms with Gasteiger partial charge >= 0.3 is 12.0 Å². The lowest BCUT2D eigenvalue weighted by Gasteiger charge is -2.15.